The zero-order valence-corrected chi connectivity index (χ0v) is 11.4. The number of esters is 1. The van der Waals surface area contributed by atoms with Crippen LogP contribution in [0.3, 0.4) is 0 Å². The second-order valence-corrected chi connectivity index (χ2v) is 4.43. The summed E-state index contributed by atoms with van der Waals surface area (Å²) in [4.78, 5) is 15.3. The maximum atomic E-state index is 11.4. The molecular weight excluding hydrogens is 280 g/mol. The Bertz CT molecular complexity index is 650. The molecule has 0 amide bonds. The minimum atomic E-state index is -0.647. The highest BCUT2D eigenvalue weighted by molar-refractivity contribution is 7.98. The lowest BCUT2D eigenvalue weighted by atomic mass is 10.2. The summed E-state index contributed by atoms with van der Waals surface area (Å²) in [5.41, 5.74) is 1.11. The van der Waals surface area contributed by atoms with Crippen molar-refractivity contribution >= 4 is 17.7 Å². The highest BCUT2D eigenvalue weighted by Gasteiger charge is 2.16. The van der Waals surface area contributed by atoms with E-state index in [1.54, 1.807) is 25.3 Å². The molecular formula is C12H10N4O3S. The van der Waals surface area contributed by atoms with Gasteiger partial charge in [-0.05, 0) is 18.6 Å². The van der Waals surface area contributed by atoms with Crippen molar-refractivity contribution in [1.82, 2.24) is 15.2 Å². The van der Waals surface area contributed by atoms with Crippen molar-refractivity contribution in [2.75, 3.05) is 6.61 Å². The number of thioether (sulfide) groups is 1. The number of carbonyl (C=O) groups is 1. The fraction of sp³-hybridized carbons (Fsp3) is 0.250. The molecule has 2 rings (SSSR count). The first kappa shape index (κ1) is 14.0. The number of hydrogen-bond acceptors (Lipinski definition) is 8. The molecule has 2 aromatic rings. The topological polar surface area (TPSA) is 102 Å². The van der Waals surface area contributed by atoms with Crippen LogP contribution >= 0.6 is 11.8 Å². The van der Waals surface area contributed by atoms with Crippen LogP contribution in [-0.4, -0.2) is 27.8 Å². The molecule has 0 radical (unpaired) electrons. The molecule has 0 N–H and O–H groups in total. The standard InChI is InChI=1S/C12H10N4O3S/c1-2-18-11(17)10-15-16-12(19-10)20-7-8-4-3-5-14-9(8)6-13/h3-5H,2,7H2,1H3. The van der Waals surface area contributed by atoms with Gasteiger partial charge in [0.15, 0.2) is 0 Å². The Morgan fingerprint density at radius 1 is 1.55 bits per heavy atom. The van der Waals surface area contributed by atoms with E-state index < -0.39 is 5.97 Å². The van der Waals surface area contributed by atoms with Crippen molar-refractivity contribution in [3.05, 3.63) is 35.5 Å². The lowest BCUT2D eigenvalue weighted by Gasteiger charge is -1.99. The Morgan fingerprint density at radius 3 is 3.15 bits per heavy atom. The first-order valence-corrected chi connectivity index (χ1v) is 6.70. The SMILES string of the molecule is CCOC(=O)c1nnc(SCc2cccnc2C#N)o1. The number of rotatable bonds is 5. The number of nitriles is 1. The van der Waals surface area contributed by atoms with Gasteiger partial charge in [-0.2, -0.15) is 5.26 Å². The summed E-state index contributed by atoms with van der Waals surface area (Å²) in [6.45, 7) is 1.93. The van der Waals surface area contributed by atoms with Crippen LogP contribution < -0.4 is 0 Å². The van der Waals surface area contributed by atoms with E-state index in [9.17, 15) is 4.79 Å². The van der Waals surface area contributed by atoms with Crippen LogP contribution in [0, 0.1) is 11.3 Å². The molecule has 8 heteroatoms. The lowest BCUT2D eigenvalue weighted by Crippen LogP contribution is -2.04. The van der Waals surface area contributed by atoms with Crippen molar-refractivity contribution < 1.29 is 13.9 Å². The van der Waals surface area contributed by atoms with Gasteiger partial charge in [0.05, 0.1) is 6.61 Å². The molecule has 0 spiro atoms. The van der Waals surface area contributed by atoms with Crippen molar-refractivity contribution in [2.24, 2.45) is 0 Å². The van der Waals surface area contributed by atoms with Gasteiger partial charge < -0.3 is 9.15 Å². The summed E-state index contributed by atoms with van der Waals surface area (Å²) < 4.78 is 9.90. The number of pyridine rings is 1. The normalized spacial score (nSPS) is 10.0. The van der Waals surface area contributed by atoms with Crippen LogP contribution in [0.5, 0.6) is 0 Å². The molecule has 20 heavy (non-hydrogen) atoms. The highest BCUT2D eigenvalue weighted by atomic mass is 32.2. The largest absolute Gasteiger partial charge is 0.459 e. The average Bonchev–Trinajstić information content (AvgIpc) is 2.94. The zero-order valence-electron chi connectivity index (χ0n) is 10.6. The quantitative estimate of drug-likeness (QED) is 0.606. The van der Waals surface area contributed by atoms with Crippen LogP contribution in [-0.2, 0) is 10.5 Å². The molecule has 0 aromatic carbocycles. The van der Waals surface area contributed by atoms with Crippen LogP contribution in [0.1, 0.15) is 28.9 Å². The second kappa shape index (κ2) is 6.68. The molecule has 0 aliphatic rings. The van der Waals surface area contributed by atoms with Crippen LogP contribution in [0.25, 0.3) is 0 Å². The van der Waals surface area contributed by atoms with E-state index in [2.05, 4.69) is 15.2 Å². The Hall–Kier alpha value is -2.40. The summed E-state index contributed by atoms with van der Waals surface area (Å²) in [5.74, 6) is -0.381. The van der Waals surface area contributed by atoms with Crippen molar-refractivity contribution in [1.29, 1.82) is 5.26 Å². The molecule has 0 fully saturated rings. The minimum absolute atomic E-state index is 0.180. The van der Waals surface area contributed by atoms with E-state index >= 15 is 0 Å². The van der Waals surface area contributed by atoms with Gasteiger partial charge in [0.2, 0.25) is 0 Å². The van der Waals surface area contributed by atoms with E-state index in [1.807, 2.05) is 6.07 Å². The molecule has 0 aliphatic carbocycles. The van der Waals surface area contributed by atoms with E-state index in [4.69, 9.17) is 14.4 Å². The smallest absolute Gasteiger partial charge is 0.396 e. The summed E-state index contributed by atoms with van der Waals surface area (Å²) in [5, 5.41) is 16.5. The molecule has 7 nitrogen and oxygen atoms in total. The Kier molecular flexibility index (Phi) is 4.68. The summed E-state index contributed by atoms with van der Waals surface area (Å²) in [6.07, 6.45) is 1.55. The molecule has 2 heterocycles. The third-order valence-corrected chi connectivity index (χ3v) is 3.07. The molecule has 0 bridgehead atoms. The molecule has 2 aromatic heterocycles. The number of carbonyl (C=O) groups excluding carboxylic acids is 1. The third-order valence-electron chi connectivity index (χ3n) is 2.20. The predicted molar refractivity (Wildman–Crippen MR) is 68.8 cm³/mol. The average molecular weight is 290 g/mol. The molecule has 0 atom stereocenters. The lowest BCUT2D eigenvalue weighted by molar-refractivity contribution is 0.0475. The van der Waals surface area contributed by atoms with Gasteiger partial charge in [-0.1, -0.05) is 22.9 Å². The monoisotopic (exact) mass is 290 g/mol. The number of aromatic nitrogens is 3. The van der Waals surface area contributed by atoms with Crippen molar-refractivity contribution in [2.45, 2.75) is 17.9 Å². The Labute approximate surface area is 119 Å². The van der Waals surface area contributed by atoms with Crippen molar-refractivity contribution in [3.8, 4) is 6.07 Å². The van der Waals surface area contributed by atoms with Gasteiger partial charge in [0.25, 0.3) is 5.22 Å². The fourth-order valence-corrected chi connectivity index (χ4v) is 2.09. The Balaban J connectivity index is 2.01. The van der Waals surface area contributed by atoms with Crippen LogP contribution in [0.2, 0.25) is 0 Å². The van der Waals surface area contributed by atoms with E-state index in [0.29, 0.717) is 11.4 Å². The van der Waals surface area contributed by atoms with E-state index in [0.717, 1.165) is 5.56 Å². The molecule has 0 saturated carbocycles. The van der Waals surface area contributed by atoms with Gasteiger partial charge in [-0.25, -0.2) is 9.78 Å². The molecule has 102 valence electrons. The minimum Gasteiger partial charge on any atom is -0.459 e. The maximum Gasteiger partial charge on any atom is 0.396 e. The van der Waals surface area contributed by atoms with Gasteiger partial charge in [-0.15, -0.1) is 5.10 Å². The second-order valence-electron chi connectivity index (χ2n) is 3.51. The zero-order chi connectivity index (χ0) is 14.4. The number of ether oxygens (including phenoxy) is 1. The maximum absolute atomic E-state index is 11.4. The first-order chi connectivity index (χ1) is 9.74. The molecule has 0 aliphatic heterocycles. The van der Waals surface area contributed by atoms with E-state index in [-0.39, 0.29) is 17.7 Å². The van der Waals surface area contributed by atoms with Gasteiger partial charge in [0, 0.05) is 11.9 Å². The highest BCUT2D eigenvalue weighted by Crippen LogP contribution is 2.22. The van der Waals surface area contributed by atoms with Gasteiger partial charge in [0.1, 0.15) is 11.8 Å². The summed E-state index contributed by atoms with van der Waals surface area (Å²) >= 11 is 1.22. The molecule has 0 saturated heterocycles. The van der Waals surface area contributed by atoms with Crippen molar-refractivity contribution in [3.63, 3.8) is 0 Å². The predicted octanol–water partition coefficient (Wildman–Crippen LogP) is 1.81. The van der Waals surface area contributed by atoms with Gasteiger partial charge in [-0.3, -0.25) is 0 Å². The summed E-state index contributed by atoms with van der Waals surface area (Å²) in [7, 11) is 0. The van der Waals surface area contributed by atoms with Gasteiger partial charge >= 0.3 is 11.9 Å². The first-order valence-electron chi connectivity index (χ1n) is 5.72. The Morgan fingerprint density at radius 2 is 2.40 bits per heavy atom. The number of nitrogens with zero attached hydrogens (tertiary/aromatic N) is 4. The molecule has 0 unspecified atom stereocenters. The number of hydrogen-bond donors (Lipinski definition) is 0. The van der Waals surface area contributed by atoms with E-state index in [1.165, 1.54) is 11.8 Å². The summed E-state index contributed by atoms with van der Waals surface area (Å²) in [6, 6.07) is 5.54. The fourth-order valence-electron chi connectivity index (χ4n) is 1.34. The van der Waals surface area contributed by atoms with Crippen LogP contribution in [0.15, 0.2) is 28.0 Å². The third kappa shape index (κ3) is 3.33. The van der Waals surface area contributed by atoms with Crippen LogP contribution in [0.4, 0.5) is 0 Å².